The van der Waals surface area contributed by atoms with Crippen molar-refractivity contribution < 1.29 is 4.79 Å². The summed E-state index contributed by atoms with van der Waals surface area (Å²) in [6.07, 6.45) is 9.98. The van der Waals surface area contributed by atoms with Gasteiger partial charge in [0.05, 0.1) is 11.7 Å². The maximum absolute atomic E-state index is 11.6. The Hall–Kier alpha value is -0.830. The third kappa shape index (κ3) is 4.07. The molecule has 1 unspecified atom stereocenters. The SMILES string of the molecule is CC(=O)C(CCCl)Cc1ccn(C2CCCCC2)n1. The molecular formula is C15H23ClN2O. The fraction of sp³-hybridized carbons (Fsp3) is 0.733. The first kappa shape index (κ1) is 14.6. The molecule has 0 amide bonds. The Bertz CT molecular complexity index is 410. The summed E-state index contributed by atoms with van der Waals surface area (Å²) in [5, 5.41) is 4.66. The molecular weight excluding hydrogens is 260 g/mol. The Morgan fingerprint density at radius 2 is 2.21 bits per heavy atom. The predicted octanol–water partition coefficient (Wildman–Crippen LogP) is 3.76. The molecule has 1 atom stereocenters. The number of halogens is 1. The van der Waals surface area contributed by atoms with E-state index < -0.39 is 0 Å². The van der Waals surface area contributed by atoms with E-state index in [4.69, 9.17) is 11.6 Å². The number of carbonyl (C=O) groups is 1. The van der Waals surface area contributed by atoms with Gasteiger partial charge in [-0.15, -0.1) is 11.6 Å². The second-order valence-corrected chi connectivity index (χ2v) is 5.95. The average Bonchev–Trinajstić information content (AvgIpc) is 2.88. The molecule has 19 heavy (non-hydrogen) atoms. The summed E-state index contributed by atoms with van der Waals surface area (Å²) < 4.78 is 2.10. The lowest BCUT2D eigenvalue weighted by molar-refractivity contribution is -0.120. The molecule has 2 rings (SSSR count). The number of ketones is 1. The minimum Gasteiger partial charge on any atom is -0.300 e. The van der Waals surface area contributed by atoms with E-state index in [1.54, 1.807) is 6.92 Å². The zero-order chi connectivity index (χ0) is 13.7. The third-order valence-electron chi connectivity index (χ3n) is 4.10. The molecule has 1 saturated carbocycles. The number of Topliss-reactive ketones (excluding diaryl/α,β-unsaturated/α-hetero) is 1. The maximum atomic E-state index is 11.6. The van der Waals surface area contributed by atoms with Crippen LogP contribution in [-0.4, -0.2) is 21.4 Å². The highest BCUT2D eigenvalue weighted by atomic mass is 35.5. The van der Waals surface area contributed by atoms with Crippen LogP contribution in [0.3, 0.4) is 0 Å². The van der Waals surface area contributed by atoms with Gasteiger partial charge < -0.3 is 0 Å². The summed E-state index contributed by atoms with van der Waals surface area (Å²) >= 11 is 5.76. The first-order valence-electron chi connectivity index (χ1n) is 7.31. The van der Waals surface area contributed by atoms with Crippen molar-refractivity contribution >= 4 is 17.4 Å². The van der Waals surface area contributed by atoms with E-state index in [1.807, 2.05) is 0 Å². The van der Waals surface area contributed by atoms with Crippen LogP contribution in [0.2, 0.25) is 0 Å². The van der Waals surface area contributed by atoms with Crippen LogP contribution in [0, 0.1) is 5.92 Å². The standard InChI is InChI=1S/C15H23ClN2O/c1-12(19)13(7-9-16)11-14-8-10-18(17-14)15-5-3-2-4-6-15/h8,10,13,15H,2-7,9,11H2,1H3. The van der Waals surface area contributed by atoms with Crippen molar-refractivity contribution in [2.45, 2.75) is 57.9 Å². The highest BCUT2D eigenvalue weighted by Gasteiger charge is 2.19. The zero-order valence-corrected chi connectivity index (χ0v) is 12.4. The largest absolute Gasteiger partial charge is 0.300 e. The molecule has 0 aliphatic heterocycles. The minimum absolute atomic E-state index is 0.0206. The predicted molar refractivity (Wildman–Crippen MR) is 77.6 cm³/mol. The number of aromatic nitrogens is 2. The quantitative estimate of drug-likeness (QED) is 0.745. The van der Waals surface area contributed by atoms with Crippen LogP contribution in [0.1, 0.15) is 57.2 Å². The van der Waals surface area contributed by atoms with Gasteiger partial charge in [-0.3, -0.25) is 9.48 Å². The van der Waals surface area contributed by atoms with Crippen LogP contribution in [0.25, 0.3) is 0 Å². The summed E-state index contributed by atoms with van der Waals surface area (Å²) in [6, 6.07) is 2.62. The summed E-state index contributed by atoms with van der Waals surface area (Å²) in [5.74, 6) is 0.771. The number of hydrogen-bond acceptors (Lipinski definition) is 2. The van der Waals surface area contributed by atoms with Gasteiger partial charge in [0.1, 0.15) is 5.78 Å². The van der Waals surface area contributed by atoms with Crippen molar-refractivity contribution in [3.63, 3.8) is 0 Å². The van der Waals surface area contributed by atoms with Gasteiger partial charge in [0, 0.05) is 24.4 Å². The van der Waals surface area contributed by atoms with Crippen LogP contribution in [0.15, 0.2) is 12.3 Å². The van der Waals surface area contributed by atoms with Gasteiger partial charge in [-0.2, -0.15) is 5.10 Å². The molecule has 0 radical (unpaired) electrons. The van der Waals surface area contributed by atoms with E-state index in [0.29, 0.717) is 11.9 Å². The molecule has 0 saturated heterocycles. The molecule has 0 spiro atoms. The van der Waals surface area contributed by atoms with Crippen LogP contribution in [0.4, 0.5) is 0 Å². The van der Waals surface area contributed by atoms with E-state index in [2.05, 4.69) is 22.0 Å². The fourth-order valence-corrected chi connectivity index (χ4v) is 3.13. The van der Waals surface area contributed by atoms with Crippen molar-refractivity contribution in [3.05, 3.63) is 18.0 Å². The highest BCUT2D eigenvalue weighted by Crippen LogP contribution is 2.27. The van der Waals surface area contributed by atoms with Crippen molar-refractivity contribution in [1.29, 1.82) is 0 Å². The van der Waals surface area contributed by atoms with E-state index in [-0.39, 0.29) is 11.7 Å². The molecule has 4 heteroatoms. The Kier molecular flexibility index (Phi) is 5.44. The molecule has 1 heterocycles. The van der Waals surface area contributed by atoms with Gasteiger partial charge in [0.25, 0.3) is 0 Å². The second kappa shape index (κ2) is 7.09. The maximum Gasteiger partial charge on any atom is 0.133 e. The van der Waals surface area contributed by atoms with Gasteiger partial charge in [0.15, 0.2) is 0 Å². The second-order valence-electron chi connectivity index (χ2n) is 5.57. The zero-order valence-electron chi connectivity index (χ0n) is 11.6. The molecule has 1 aliphatic rings. The first-order chi connectivity index (χ1) is 9.20. The number of alkyl halides is 1. The van der Waals surface area contributed by atoms with Gasteiger partial charge in [-0.25, -0.2) is 0 Å². The van der Waals surface area contributed by atoms with Gasteiger partial charge in [-0.1, -0.05) is 19.3 Å². The summed E-state index contributed by atoms with van der Waals surface area (Å²) in [7, 11) is 0. The van der Waals surface area contributed by atoms with Gasteiger partial charge in [-0.05, 0) is 32.3 Å². The lowest BCUT2D eigenvalue weighted by Gasteiger charge is -2.21. The fourth-order valence-electron chi connectivity index (χ4n) is 2.87. The third-order valence-corrected chi connectivity index (χ3v) is 4.32. The van der Waals surface area contributed by atoms with Crippen molar-refractivity contribution in [2.75, 3.05) is 5.88 Å². The molecule has 1 aliphatic carbocycles. The van der Waals surface area contributed by atoms with Crippen LogP contribution >= 0.6 is 11.6 Å². The van der Waals surface area contributed by atoms with E-state index >= 15 is 0 Å². The van der Waals surface area contributed by atoms with Crippen molar-refractivity contribution in [2.24, 2.45) is 5.92 Å². The molecule has 1 fully saturated rings. The number of carbonyl (C=O) groups excluding carboxylic acids is 1. The molecule has 0 N–H and O–H groups in total. The smallest absolute Gasteiger partial charge is 0.133 e. The van der Waals surface area contributed by atoms with Crippen molar-refractivity contribution in [1.82, 2.24) is 9.78 Å². The Morgan fingerprint density at radius 1 is 1.47 bits per heavy atom. The topological polar surface area (TPSA) is 34.9 Å². The van der Waals surface area contributed by atoms with Crippen LogP contribution < -0.4 is 0 Å². The monoisotopic (exact) mass is 282 g/mol. The van der Waals surface area contributed by atoms with E-state index in [1.165, 1.54) is 32.1 Å². The summed E-state index contributed by atoms with van der Waals surface area (Å²) in [6.45, 7) is 1.65. The van der Waals surface area contributed by atoms with Gasteiger partial charge in [0.2, 0.25) is 0 Å². The molecule has 1 aromatic rings. The number of hydrogen-bond donors (Lipinski definition) is 0. The lowest BCUT2D eigenvalue weighted by atomic mass is 9.96. The molecule has 1 aromatic heterocycles. The Morgan fingerprint density at radius 3 is 2.84 bits per heavy atom. The Balaban J connectivity index is 1.97. The van der Waals surface area contributed by atoms with Crippen LogP contribution in [-0.2, 0) is 11.2 Å². The van der Waals surface area contributed by atoms with Crippen molar-refractivity contribution in [3.8, 4) is 0 Å². The van der Waals surface area contributed by atoms with E-state index in [0.717, 1.165) is 18.5 Å². The van der Waals surface area contributed by atoms with Crippen LogP contribution in [0.5, 0.6) is 0 Å². The van der Waals surface area contributed by atoms with E-state index in [9.17, 15) is 4.79 Å². The molecule has 0 bridgehead atoms. The highest BCUT2D eigenvalue weighted by molar-refractivity contribution is 6.18. The lowest BCUT2D eigenvalue weighted by Crippen LogP contribution is -2.16. The first-order valence-corrected chi connectivity index (χ1v) is 7.84. The Labute approximate surface area is 120 Å². The molecule has 3 nitrogen and oxygen atoms in total. The minimum atomic E-state index is 0.0206. The average molecular weight is 283 g/mol. The number of nitrogens with zero attached hydrogens (tertiary/aromatic N) is 2. The summed E-state index contributed by atoms with van der Waals surface area (Å²) in [4.78, 5) is 11.6. The van der Waals surface area contributed by atoms with Gasteiger partial charge >= 0.3 is 0 Å². The molecule has 106 valence electrons. The molecule has 0 aromatic carbocycles. The summed E-state index contributed by atoms with van der Waals surface area (Å²) in [5.41, 5.74) is 1.02. The normalized spacial score (nSPS) is 18.4. The number of rotatable bonds is 6.